The van der Waals surface area contributed by atoms with E-state index < -0.39 is 33.7 Å². The molecule has 0 amide bonds. The van der Waals surface area contributed by atoms with E-state index in [2.05, 4.69) is 25.1 Å². The van der Waals surface area contributed by atoms with Gasteiger partial charge in [-0.3, -0.25) is 4.40 Å². The predicted molar refractivity (Wildman–Crippen MR) is 135 cm³/mol. The number of hydrogen-bond donors (Lipinski definition) is 2. The van der Waals surface area contributed by atoms with E-state index in [0.29, 0.717) is 35.8 Å². The van der Waals surface area contributed by atoms with Gasteiger partial charge in [-0.15, -0.1) is 10.2 Å². The Kier molecular flexibility index (Phi) is 6.41. The van der Waals surface area contributed by atoms with Crippen LogP contribution in [0.4, 0.5) is 18.9 Å². The number of pyridine rings is 1. The lowest BCUT2D eigenvalue weighted by Gasteiger charge is -2.39. The predicted octanol–water partition coefficient (Wildman–Crippen LogP) is 2.87. The molecule has 15 heteroatoms. The van der Waals surface area contributed by atoms with Crippen molar-refractivity contribution in [2.75, 3.05) is 37.9 Å². The second-order valence-electron chi connectivity index (χ2n) is 10.5. The fourth-order valence-electron chi connectivity index (χ4n) is 5.15. The first kappa shape index (κ1) is 25.9. The van der Waals surface area contributed by atoms with Crippen LogP contribution >= 0.6 is 11.3 Å². The first-order valence-corrected chi connectivity index (χ1v) is 14.8. The lowest BCUT2D eigenvalue weighted by Crippen LogP contribution is -2.63. The van der Waals surface area contributed by atoms with Gasteiger partial charge in [0.15, 0.2) is 15.7 Å². The molecule has 3 aliphatic rings. The number of hydrogen-bond acceptors (Lipinski definition) is 9. The van der Waals surface area contributed by atoms with Crippen LogP contribution in [-0.2, 0) is 14.8 Å². The Hall–Kier alpha value is -2.33. The van der Waals surface area contributed by atoms with Crippen molar-refractivity contribution in [3.63, 3.8) is 0 Å². The normalized spacial score (nSPS) is 23.8. The van der Waals surface area contributed by atoms with Crippen molar-refractivity contribution in [2.45, 2.75) is 61.6 Å². The standard InChI is InChI=1S/C23H28F3N7O3S2/c1-12-6-32(7-13(2)27-12)16-5-15(38(34,35)31-23(9-24)10-36-11-23)8-33-18(17(14-3-4-14)28-20(16)33)21-29-30-22(37-21)19(25)26/h5,8,12-14,19,27,31H,3-4,6-7,9-11H2,1-2H3/t12-,13-/m0/s1. The van der Waals surface area contributed by atoms with Gasteiger partial charge in [0.1, 0.15) is 22.8 Å². The van der Waals surface area contributed by atoms with Crippen LogP contribution in [0.1, 0.15) is 49.7 Å². The van der Waals surface area contributed by atoms with E-state index in [4.69, 9.17) is 9.72 Å². The van der Waals surface area contributed by atoms with Crippen LogP contribution in [0.25, 0.3) is 16.3 Å². The Bertz CT molecular complexity index is 1450. The zero-order chi connectivity index (χ0) is 26.8. The van der Waals surface area contributed by atoms with Gasteiger partial charge in [0.05, 0.1) is 24.6 Å². The van der Waals surface area contributed by atoms with Gasteiger partial charge in [-0.25, -0.2) is 26.6 Å². The molecule has 10 nitrogen and oxygen atoms in total. The summed E-state index contributed by atoms with van der Waals surface area (Å²) in [4.78, 5) is 6.92. The summed E-state index contributed by atoms with van der Waals surface area (Å²) in [6, 6.07) is 1.83. The lowest BCUT2D eigenvalue weighted by atomic mass is 10.0. The molecule has 1 saturated carbocycles. The molecule has 5 heterocycles. The number of nitrogens with zero attached hydrogens (tertiary/aromatic N) is 5. The molecule has 0 radical (unpaired) electrons. The molecule has 3 aromatic rings. The Morgan fingerprint density at radius 1 is 1.24 bits per heavy atom. The maximum Gasteiger partial charge on any atom is 0.291 e. The summed E-state index contributed by atoms with van der Waals surface area (Å²) in [6.45, 7) is 4.27. The van der Waals surface area contributed by atoms with Gasteiger partial charge >= 0.3 is 0 Å². The summed E-state index contributed by atoms with van der Waals surface area (Å²) >= 11 is 0.767. The smallest absolute Gasteiger partial charge is 0.291 e. The number of anilines is 1. The maximum absolute atomic E-state index is 13.8. The number of halogens is 3. The zero-order valence-corrected chi connectivity index (χ0v) is 22.5. The minimum Gasteiger partial charge on any atom is -0.377 e. The van der Waals surface area contributed by atoms with E-state index >= 15 is 0 Å². The molecule has 1 aliphatic carbocycles. The maximum atomic E-state index is 13.8. The van der Waals surface area contributed by atoms with Gasteiger partial charge in [0, 0.05) is 37.3 Å². The largest absolute Gasteiger partial charge is 0.377 e. The number of rotatable bonds is 8. The molecule has 0 bridgehead atoms. The highest BCUT2D eigenvalue weighted by Crippen LogP contribution is 2.46. The summed E-state index contributed by atoms with van der Waals surface area (Å²) in [5.74, 6) is 0.123. The molecule has 2 N–H and O–H groups in total. The van der Waals surface area contributed by atoms with Crippen LogP contribution in [0.3, 0.4) is 0 Å². The van der Waals surface area contributed by atoms with Crippen LogP contribution < -0.4 is 14.9 Å². The summed E-state index contributed by atoms with van der Waals surface area (Å²) in [6.07, 6.45) is 0.422. The average molecular weight is 572 g/mol. The van der Waals surface area contributed by atoms with E-state index in [0.717, 1.165) is 24.2 Å². The Morgan fingerprint density at radius 3 is 2.50 bits per heavy atom. The van der Waals surface area contributed by atoms with Crippen molar-refractivity contribution in [1.82, 2.24) is 29.6 Å². The Labute approximate surface area is 221 Å². The molecule has 2 saturated heterocycles. The highest BCUT2D eigenvalue weighted by molar-refractivity contribution is 7.89. The monoisotopic (exact) mass is 571 g/mol. The Balaban J connectivity index is 1.56. The van der Waals surface area contributed by atoms with E-state index in [9.17, 15) is 21.6 Å². The topological polar surface area (TPSA) is 114 Å². The third kappa shape index (κ3) is 4.57. The quantitative estimate of drug-likeness (QED) is 0.425. The molecule has 206 valence electrons. The van der Waals surface area contributed by atoms with Gasteiger partial charge in [-0.05, 0) is 32.8 Å². The minimum atomic E-state index is -4.19. The van der Waals surface area contributed by atoms with Crippen LogP contribution in [0.2, 0.25) is 0 Å². The second-order valence-corrected chi connectivity index (χ2v) is 13.2. The number of alkyl halides is 3. The van der Waals surface area contributed by atoms with E-state index in [1.165, 1.54) is 6.20 Å². The number of ether oxygens (including phenoxy) is 1. The molecule has 0 spiro atoms. The fourth-order valence-corrected chi connectivity index (χ4v) is 7.27. The molecule has 6 rings (SSSR count). The van der Waals surface area contributed by atoms with E-state index in [1.54, 1.807) is 10.5 Å². The summed E-state index contributed by atoms with van der Waals surface area (Å²) in [7, 11) is -4.19. The van der Waals surface area contributed by atoms with Gasteiger partial charge in [0.2, 0.25) is 10.0 Å². The van der Waals surface area contributed by atoms with Gasteiger partial charge in [-0.1, -0.05) is 11.3 Å². The van der Waals surface area contributed by atoms with Crippen molar-refractivity contribution >= 4 is 32.7 Å². The van der Waals surface area contributed by atoms with Crippen molar-refractivity contribution < 1.29 is 26.3 Å². The number of aromatic nitrogens is 4. The first-order valence-electron chi connectivity index (χ1n) is 12.5. The lowest BCUT2D eigenvalue weighted by molar-refractivity contribution is -0.0725. The zero-order valence-electron chi connectivity index (χ0n) is 20.8. The molecular weight excluding hydrogens is 543 g/mol. The molecule has 2 aliphatic heterocycles. The van der Waals surface area contributed by atoms with Crippen molar-refractivity contribution in [3.8, 4) is 10.7 Å². The van der Waals surface area contributed by atoms with Crippen molar-refractivity contribution in [2.24, 2.45) is 0 Å². The summed E-state index contributed by atoms with van der Waals surface area (Å²) < 4.78 is 76.9. The highest BCUT2D eigenvalue weighted by atomic mass is 32.2. The molecule has 2 atom stereocenters. The van der Waals surface area contributed by atoms with E-state index in [-0.39, 0.29) is 41.1 Å². The summed E-state index contributed by atoms with van der Waals surface area (Å²) in [5.41, 5.74) is 0.958. The molecule has 38 heavy (non-hydrogen) atoms. The molecule has 0 unspecified atom stereocenters. The number of piperazine rings is 1. The number of sulfonamides is 1. The van der Waals surface area contributed by atoms with Crippen molar-refractivity contribution in [3.05, 3.63) is 23.0 Å². The van der Waals surface area contributed by atoms with Crippen LogP contribution in [-0.4, -0.2) is 78.6 Å². The third-order valence-electron chi connectivity index (χ3n) is 7.07. The minimum absolute atomic E-state index is 0.0615. The van der Waals surface area contributed by atoms with Crippen molar-refractivity contribution in [1.29, 1.82) is 0 Å². The molecule has 3 fully saturated rings. The second kappa shape index (κ2) is 9.40. The fraction of sp³-hybridized carbons (Fsp3) is 0.609. The van der Waals surface area contributed by atoms with Crippen LogP contribution in [0.15, 0.2) is 17.2 Å². The SMILES string of the molecule is C[C@H]1CN(c2cc(S(=O)(=O)NC3(CF)COC3)cn3c(-c4nnc(C(F)F)s4)c(C4CC4)nc23)C[C@H](C)N1. The number of fused-ring (bicyclic) bond motifs is 1. The third-order valence-corrected chi connectivity index (χ3v) is 9.55. The molecular formula is C23H28F3N7O3S2. The average Bonchev–Trinajstić information content (AvgIpc) is 3.43. The summed E-state index contributed by atoms with van der Waals surface area (Å²) in [5, 5.41) is 11.0. The highest BCUT2D eigenvalue weighted by Gasteiger charge is 2.43. The number of imidazole rings is 1. The number of nitrogens with one attached hydrogen (secondary N) is 2. The van der Waals surface area contributed by atoms with Crippen LogP contribution in [0.5, 0.6) is 0 Å². The van der Waals surface area contributed by atoms with Gasteiger partial charge in [0.25, 0.3) is 6.43 Å². The van der Waals surface area contributed by atoms with Crippen LogP contribution in [0, 0.1) is 0 Å². The van der Waals surface area contributed by atoms with Gasteiger partial charge in [-0.2, -0.15) is 4.72 Å². The molecule has 3 aromatic heterocycles. The van der Waals surface area contributed by atoms with E-state index in [1.807, 2.05) is 13.8 Å². The van der Waals surface area contributed by atoms with Gasteiger partial charge < -0.3 is 15.0 Å². The Morgan fingerprint density at radius 2 is 1.95 bits per heavy atom. The molecule has 0 aromatic carbocycles. The first-order chi connectivity index (χ1) is 18.1.